The number of oxazole rings is 1. The van der Waals surface area contributed by atoms with Crippen LogP contribution in [-0.2, 0) is 4.79 Å². The molecule has 0 aliphatic carbocycles. The molecular formula is C21H23ClN2O2. The summed E-state index contributed by atoms with van der Waals surface area (Å²) in [6, 6.07) is 11.5. The van der Waals surface area contributed by atoms with Crippen LogP contribution in [-0.4, -0.2) is 10.9 Å². The van der Waals surface area contributed by atoms with E-state index < -0.39 is 0 Å². The van der Waals surface area contributed by atoms with Crippen LogP contribution >= 0.6 is 11.6 Å². The Bertz CT molecular complexity index is 933. The summed E-state index contributed by atoms with van der Waals surface area (Å²) in [5.74, 6) is 0.946. The fourth-order valence-electron chi connectivity index (χ4n) is 2.80. The molecule has 1 amide bonds. The lowest BCUT2D eigenvalue weighted by atomic mass is 9.98. The summed E-state index contributed by atoms with van der Waals surface area (Å²) in [4.78, 5) is 16.5. The van der Waals surface area contributed by atoms with Crippen molar-refractivity contribution in [2.75, 3.05) is 5.32 Å². The molecule has 0 saturated carbocycles. The fraction of sp³-hybridized carbons (Fsp3) is 0.333. The van der Waals surface area contributed by atoms with Gasteiger partial charge >= 0.3 is 0 Å². The average Bonchev–Trinajstić information content (AvgIpc) is 3.06. The number of benzene rings is 2. The van der Waals surface area contributed by atoms with Crippen LogP contribution in [0.25, 0.3) is 22.6 Å². The second kappa shape index (κ2) is 7.92. The summed E-state index contributed by atoms with van der Waals surface area (Å²) in [7, 11) is 0. The molecule has 136 valence electrons. The number of nitrogens with zero attached hydrogens (tertiary/aromatic N) is 1. The summed E-state index contributed by atoms with van der Waals surface area (Å²) in [6.45, 7) is 6.33. The highest BCUT2D eigenvalue weighted by atomic mass is 35.5. The summed E-state index contributed by atoms with van der Waals surface area (Å²) < 4.78 is 5.90. The van der Waals surface area contributed by atoms with Crippen LogP contribution in [0.1, 0.15) is 51.5 Å². The molecule has 3 aromatic rings. The highest BCUT2D eigenvalue weighted by Gasteiger charge is 2.13. The Kier molecular flexibility index (Phi) is 5.62. The van der Waals surface area contributed by atoms with Gasteiger partial charge in [0.05, 0.1) is 10.7 Å². The quantitative estimate of drug-likeness (QED) is 0.546. The zero-order valence-electron chi connectivity index (χ0n) is 15.3. The standard InChI is InChI=1S/C21H23ClN2O2/c1-4-6-20(25)23-17-12-15(7-9-16(17)22)21-24-18-11-14(13(3)5-2)8-10-19(18)26-21/h7-13H,4-6H2,1-3H3,(H,23,25)/t13-/m0/s1. The maximum Gasteiger partial charge on any atom is 0.227 e. The van der Waals surface area contributed by atoms with Crippen molar-refractivity contribution in [3.63, 3.8) is 0 Å². The number of hydrogen-bond acceptors (Lipinski definition) is 3. The molecule has 0 aliphatic heterocycles. The summed E-state index contributed by atoms with van der Waals surface area (Å²) in [5, 5.41) is 3.34. The fourth-order valence-corrected chi connectivity index (χ4v) is 2.97. The van der Waals surface area contributed by atoms with Gasteiger partial charge < -0.3 is 9.73 Å². The van der Waals surface area contributed by atoms with E-state index in [0.717, 1.165) is 29.5 Å². The maximum atomic E-state index is 11.9. The molecule has 1 N–H and O–H groups in total. The molecule has 1 atom stereocenters. The second-order valence-electron chi connectivity index (χ2n) is 6.55. The van der Waals surface area contributed by atoms with Crippen molar-refractivity contribution in [3.05, 3.63) is 47.0 Å². The maximum absolute atomic E-state index is 11.9. The minimum absolute atomic E-state index is 0.0534. The van der Waals surface area contributed by atoms with E-state index in [4.69, 9.17) is 16.0 Å². The van der Waals surface area contributed by atoms with E-state index >= 15 is 0 Å². The molecule has 2 aromatic carbocycles. The number of amides is 1. The predicted octanol–water partition coefficient (Wildman–Crippen LogP) is 6.40. The summed E-state index contributed by atoms with van der Waals surface area (Å²) in [6.07, 6.45) is 2.32. The van der Waals surface area contributed by atoms with Crippen molar-refractivity contribution in [1.29, 1.82) is 0 Å². The smallest absolute Gasteiger partial charge is 0.227 e. The number of carbonyl (C=O) groups excluding carboxylic acids is 1. The summed E-state index contributed by atoms with van der Waals surface area (Å²) >= 11 is 6.21. The number of rotatable bonds is 6. The molecule has 4 nitrogen and oxygen atoms in total. The third kappa shape index (κ3) is 3.91. The van der Waals surface area contributed by atoms with Crippen LogP contribution in [0.4, 0.5) is 5.69 Å². The summed E-state index contributed by atoms with van der Waals surface area (Å²) in [5.41, 5.74) is 4.19. The molecule has 5 heteroatoms. The molecule has 3 rings (SSSR count). The van der Waals surface area contributed by atoms with Crippen molar-refractivity contribution in [3.8, 4) is 11.5 Å². The first kappa shape index (κ1) is 18.5. The zero-order valence-corrected chi connectivity index (χ0v) is 16.1. The first-order valence-corrected chi connectivity index (χ1v) is 9.39. The number of anilines is 1. The third-order valence-electron chi connectivity index (χ3n) is 4.56. The first-order chi connectivity index (χ1) is 12.5. The molecule has 1 aromatic heterocycles. The molecule has 0 aliphatic rings. The lowest BCUT2D eigenvalue weighted by molar-refractivity contribution is -0.116. The average molecular weight is 371 g/mol. The molecular weight excluding hydrogens is 348 g/mol. The molecule has 26 heavy (non-hydrogen) atoms. The largest absolute Gasteiger partial charge is 0.436 e. The van der Waals surface area contributed by atoms with Crippen molar-refractivity contribution < 1.29 is 9.21 Å². The van der Waals surface area contributed by atoms with Gasteiger partial charge in [-0.25, -0.2) is 4.98 Å². The highest BCUT2D eigenvalue weighted by Crippen LogP contribution is 2.31. The monoisotopic (exact) mass is 370 g/mol. The van der Waals surface area contributed by atoms with E-state index in [9.17, 15) is 4.79 Å². The molecule has 0 radical (unpaired) electrons. The number of nitrogens with one attached hydrogen (secondary N) is 1. The van der Waals surface area contributed by atoms with Gasteiger partial charge in [0.25, 0.3) is 0 Å². The van der Waals surface area contributed by atoms with E-state index in [1.165, 1.54) is 5.56 Å². The topological polar surface area (TPSA) is 55.1 Å². The number of hydrogen-bond donors (Lipinski definition) is 1. The molecule has 1 heterocycles. The van der Waals surface area contributed by atoms with Gasteiger partial charge in [-0.1, -0.05) is 38.4 Å². The predicted molar refractivity (Wildman–Crippen MR) is 107 cm³/mol. The van der Waals surface area contributed by atoms with Crippen LogP contribution in [0, 0.1) is 0 Å². The van der Waals surface area contributed by atoms with Gasteiger partial charge in [-0.2, -0.15) is 0 Å². The normalized spacial score (nSPS) is 12.3. The van der Waals surface area contributed by atoms with Gasteiger partial charge in [-0.15, -0.1) is 0 Å². The molecule has 0 spiro atoms. The van der Waals surface area contributed by atoms with E-state index in [-0.39, 0.29) is 5.91 Å². The molecule has 0 fully saturated rings. The van der Waals surface area contributed by atoms with Crippen LogP contribution in [0.2, 0.25) is 5.02 Å². The number of fused-ring (bicyclic) bond motifs is 1. The van der Waals surface area contributed by atoms with Crippen LogP contribution in [0.15, 0.2) is 40.8 Å². The highest BCUT2D eigenvalue weighted by molar-refractivity contribution is 6.33. The van der Waals surface area contributed by atoms with Crippen molar-refractivity contribution in [1.82, 2.24) is 4.98 Å². The Morgan fingerprint density at radius 2 is 2.04 bits per heavy atom. The second-order valence-corrected chi connectivity index (χ2v) is 6.96. The van der Waals surface area contributed by atoms with Crippen LogP contribution < -0.4 is 5.32 Å². The van der Waals surface area contributed by atoms with Crippen molar-refractivity contribution in [2.45, 2.75) is 46.0 Å². The third-order valence-corrected chi connectivity index (χ3v) is 4.89. The van der Waals surface area contributed by atoms with E-state index in [1.54, 1.807) is 12.1 Å². The number of aromatic nitrogens is 1. The van der Waals surface area contributed by atoms with E-state index in [2.05, 4.69) is 36.3 Å². The Balaban J connectivity index is 1.94. The van der Waals surface area contributed by atoms with Crippen molar-refractivity contribution in [2.24, 2.45) is 0 Å². The van der Waals surface area contributed by atoms with Crippen molar-refractivity contribution >= 4 is 34.3 Å². The van der Waals surface area contributed by atoms with Gasteiger partial charge in [0.2, 0.25) is 11.8 Å². The lowest BCUT2D eigenvalue weighted by Crippen LogP contribution is -2.10. The van der Waals surface area contributed by atoms with E-state index in [1.807, 2.05) is 19.1 Å². The van der Waals surface area contributed by atoms with Gasteiger partial charge in [-0.05, 0) is 54.7 Å². The molecule has 0 saturated heterocycles. The van der Waals surface area contributed by atoms with Crippen LogP contribution in [0.3, 0.4) is 0 Å². The van der Waals surface area contributed by atoms with Gasteiger partial charge in [0.1, 0.15) is 5.52 Å². The van der Waals surface area contributed by atoms with Gasteiger partial charge in [0.15, 0.2) is 5.58 Å². The van der Waals surface area contributed by atoms with Gasteiger partial charge in [0, 0.05) is 12.0 Å². The van der Waals surface area contributed by atoms with Gasteiger partial charge in [-0.3, -0.25) is 4.79 Å². The lowest BCUT2D eigenvalue weighted by Gasteiger charge is -2.07. The Labute approximate surface area is 158 Å². The first-order valence-electron chi connectivity index (χ1n) is 9.02. The SMILES string of the molecule is CCCC(=O)Nc1cc(-c2nc3cc([C@@H](C)CC)ccc3o2)ccc1Cl. The minimum Gasteiger partial charge on any atom is -0.436 e. The number of carbonyl (C=O) groups is 1. The molecule has 0 unspecified atom stereocenters. The zero-order chi connectivity index (χ0) is 18.7. The Morgan fingerprint density at radius 3 is 2.77 bits per heavy atom. The Morgan fingerprint density at radius 1 is 1.23 bits per heavy atom. The van der Waals surface area contributed by atoms with Crippen LogP contribution in [0.5, 0.6) is 0 Å². The Hall–Kier alpha value is -2.33. The molecule has 0 bridgehead atoms. The number of halogens is 1. The van der Waals surface area contributed by atoms with E-state index in [0.29, 0.717) is 28.9 Å². The minimum atomic E-state index is -0.0534.